The number of ether oxygens (including phenoxy) is 2. The predicted octanol–water partition coefficient (Wildman–Crippen LogP) is 6.06. The molecule has 1 aliphatic rings. The third-order valence-electron chi connectivity index (χ3n) is 7.34. The van der Waals surface area contributed by atoms with Crippen molar-refractivity contribution in [3.8, 4) is 11.1 Å². The van der Waals surface area contributed by atoms with Gasteiger partial charge in [0.15, 0.2) is 0 Å². The Morgan fingerprint density at radius 2 is 1.50 bits per heavy atom. The first-order chi connectivity index (χ1) is 21.5. The number of hydrogen-bond donors (Lipinski definition) is 2. The van der Waals surface area contributed by atoms with Gasteiger partial charge in [-0.05, 0) is 52.6 Å². The van der Waals surface area contributed by atoms with Crippen LogP contribution in [0.2, 0.25) is 0 Å². The molecule has 0 aliphatic carbocycles. The molecule has 4 aromatic rings. The number of carboxylic acid groups (broad SMARTS) is 1. The zero-order valence-electron chi connectivity index (χ0n) is 24.4. The van der Waals surface area contributed by atoms with Crippen molar-refractivity contribution in [2.75, 3.05) is 43.1 Å². The van der Waals surface area contributed by atoms with Gasteiger partial charge in [-0.1, -0.05) is 72.8 Å². The molecule has 9 nitrogen and oxygen atoms in total. The molecule has 0 spiro atoms. The van der Waals surface area contributed by atoms with E-state index in [2.05, 4.69) is 10.2 Å². The molecule has 0 unspecified atom stereocenters. The van der Waals surface area contributed by atoms with Crippen LogP contribution in [0.4, 0.5) is 16.2 Å². The van der Waals surface area contributed by atoms with Gasteiger partial charge in [0.2, 0.25) is 0 Å². The molecule has 5 rings (SSSR count). The second kappa shape index (κ2) is 14.8. The fourth-order valence-electron chi connectivity index (χ4n) is 5.08. The normalized spacial score (nSPS) is 12.8. The molecule has 1 fully saturated rings. The van der Waals surface area contributed by atoms with E-state index in [0.717, 1.165) is 27.9 Å². The molecule has 44 heavy (non-hydrogen) atoms. The topological polar surface area (TPSA) is 108 Å². The fourth-order valence-corrected chi connectivity index (χ4v) is 5.08. The summed E-state index contributed by atoms with van der Waals surface area (Å²) in [5.74, 6) is -1.19. The molecule has 9 heteroatoms. The van der Waals surface area contributed by atoms with E-state index in [4.69, 9.17) is 9.47 Å². The number of rotatable bonds is 11. The van der Waals surface area contributed by atoms with Crippen LogP contribution >= 0.6 is 0 Å². The van der Waals surface area contributed by atoms with Crippen LogP contribution in [0.5, 0.6) is 0 Å². The molecule has 2 N–H and O–H groups in total. The molecule has 4 aromatic carbocycles. The first-order valence-electron chi connectivity index (χ1n) is 14.6. The molecule has 226 valence electrons. The highest BCUT2D eigenvalue weighted by Crippen LogP contribution is 2.33. The van der Waals surface area contributed by atoms with Crippen LogP contribution in [0.25, 0.3) is 11.1 Å². The number of anilines is 2. The van der Waals surface area contributed by atoms with E-state index in [9.17, 15) is 19.5 Å². The average Bonchev–Trinajstić information content (AvgIpc) is 3.06. The Hall–Kier alpha value is -5.15. The number of benzene rings is 4. The molecule has 1 heterocycles. The fraction of sp³-hybridized carbons (Fsp3) is 0.229. The van der Waals surface area contributed by atoms with E-state index in [-0.39, 0.29) is 32.0 Å². The van der Waals surface area contributed by atoms with Crippen molar-refractivity contribution >= 4 is 29.3 Å². The minimum absolute atomic E-state index is 0.0840. The smallest absolute Gasteiger partial charge is 0.412 e. The van der Waals surface area contributed by atoms with Crippen LogP contribution < -0.4 is 10.2 Å². The van der Waals surface area contributed by atoms with Gasteiger partial charge in [0.05, 0.1) is 31.0 Å². The van der Waals surface area contributed by atoms with Crippen LogP contribution in [-0.4, -0.2) is 60.8 Å². The number of aliphatic carboxylic acids is 1. The van der Waals surface area contributed by atoms with Gasteiger partial charge < -0.3 is 24.4 Å². The van der Waals surface area contributed by atoms with Crippen molar-refractivity contribution in [2.24, 2.45) is 0 Å². The highest BCUT2D eigenvalue weighted by atomic mass is 16.5. The molecule has 0 bridgehead atoms. The standard InChI is InChI=1S/C35H35N3O6/c39-33(40)16-17-38(34(41)28-11-5-2-6-12-28)24-27-10-7-13-29(22-27)30-14-15-32(37-18-20-43-21-19-37)31(23-30)36-35(42)44-25-26-8-3-1-4-9-26/h1-15,22-23H,16-21,24-25H2,(H,36,42)(H,39,40). The van der Waals surface area contributed by atoms with E-state index in [1.165, 1.54) is 0 Å². The summed E-state index contributed by atoms with van der Waals surface area (Å²) in [5, 5.41) is 12.2. The Labute approximate surface area is 256 Å². The molecule has 1 aliphatic heterocycles. The number of nitrogens with zero attached hydrogens (tertiary/aromatic N) is 2. The molecule has 0 atom stereocenters. The van der Waals surface area contributed by atoms with E-state index >= 15 is 0 Å². The zero-order valence-corrected chi connectivity index (χ0v) is 24.4. The minimum atomic E-state index is -0.965. The van der Waals surface area contributed by atoms with Gasteiger partial charge in [0.25, 0.3) is 5.91 Å². The Kier molecular flexibility index (Phi) is 10.2. The minimum Gasteiger partial charge on any atom is -0.481 e. The summed E-state index contributed by atoms with van der Waals surface area (Å²) >= 11 is 0. The molecule has 2 amide bonds. The number of carbonyl (C=O) groups is 3. The molecular weight excluding hydrogens is 558 g/mol. The Bertz CT molecular complexity index is 1570. The van der Waals surface area contributed by atoms with Crippen molar-refractivity contribution in [3.05, 3.63) is 120 Å². The lowest BCUT2D eigenvalue weighted by molar-refractivity contribution is -0.137. The molecule has 0 radical (unpaired) electrons. The predicted molar refractivity (Wildman–Crippen MR) is 169 cm³/mol. The van der Waals surface area contributed by atoms with Crippen molar-refractivity contribution in [2.45, 2.75) is 19.6 Å². The third-order valence-corrected chi connectivity index (χ3v) is 7.34. The largest absolute Gasteiger partial charge is 0.481 e. The lowest BCUT2D eigenvalue weighted by atomic mass is 10.0. The second-order valence-corrected chi connectivity index (χ2v) is 10.5. The van der Waals surface area contributed by atoms with Crippen LogP contribution in [0.1, 0.15) is 27.9 Å². The first-order valence-corrected chi connectivity index (χ1v) is 14.6. The lowest BCUT2D eigenvalue weighted by Gasteiger charge is -2.30. The summed E-state index contributed by atoms with van der Waals surface area (Å²) in [6.07, 6.45) is -0.709. The molecule has 0 saturated carbocycles. The number of carbonyl (C=O) groups excluding carboxylic acids is 2. The van der Waals surface area contributed by atoms with Gasteiger partial charge in [-0.25, -0.2) is 4.79 Å². The van der Waals surface area contributed by atoms with Crippen LogP contribution in [0.15, 0.2) is 103 Å². The van der Waals surface area contributed by atoms with Crippen molar-refractivity contribution in [3.63, 3.8) is 0 Å². The number of morpholine rings is 1. The summed E-state index contributed by atoms with van der Waals surface area (Å²) < 4.78 is 11.0. The Balaban J connectivity index is 1.38. The van der Waals surface area contributed by atoms with Gasteiger partial charge in [-0.3, -0.25) is 14.9 Å². The maximum absolute atomic E-state index is 13.3. The highest BCUT2D eigenvalue weighted by molar-refractivity contribution is 5.94. The third kappa shape index (κ3) is 8.23. The SMILES string of the molecule is O=C(O)CCN(Cc1cccc(-c2ccc(N3CCOCC3)c(NC(=O)OCc3ccccc3)c2)c1)C(=O)c1ccccc1. The average molecular weight is 594 g/mol. The van der Waals surface area contributed by atoms with Crippen molar-refractivity contribution in [1.29, 1.82) is 0 Å². The van der Waals surface area contributed by atoms with Crippen LogP contribution in [0, 0.1) is 0 Å². The molecule has 1 saturated heterocycles. The second-order valence-electron chi connectivity index (χ2n) is 10.5. The maximum Gasteiger partial charge on any atom is 0.412 e. The maximum atomic E-state index is 13.3. The first kappa shape index (κ1) is 30.3. The van der Waals surface area contributed by atoms with E-state index in [1.807, 2.05) is 78.9 Å². The van der Waals surface area contributed by atoms with E-state index in [0.29, 0.717) is 37.6 Å². The van der Waals surface area contributed by atoms with Gasteiger partial charge in [-0.2, -0.15) is 0 Å². The Morgan fingerprint density at radius 1 is 0.818 bits per heavy atom. The number of amides is 2. The summed E-state index contributed by atoms with van der Waals surface area (Å²) in [6.45, 7) is 3.08. The summed E-state index contributed by atoms with van der Waals surface area (Å²) in [6, 6.07) is 32.0. The van der Waals surface area contributed by atoms with E-state index in [1.54, 1.807) is 29.2 Å². The summed E-state index contributed by atoms with van der Waals surface area (Å²) in [4.78, 5) is 41.2. The highest BCUT2D eigenvalue weighted by Gasteiger charge is 2.20. The van der Waals surface area contributed by atoms with Gasteiger partial charge in [0, 0.05) is 31.7 Å². The number of hydrogen-bond acceptors (Lipinski definition) is 6. The van der Waals surface area contributed by atoms with Gasteiger partial charge in [0.1, 0.15) is 6.61 Å². The van der Waals surface area contributed by atoms with Crippen molar-refractivity contribution < 1.29 is 29.0 Å². The summed E-state index contributed by atoms with van der Waals surface area (Å²) in [5.41, 5.74) is 5.50. The molecule has 0 aromatic heterocycles. The summed E-state index contributed by atoms with van der Waals surface area (Å²) in [7, 11) is 0. The van der Waals surface area contributed by atoms with Crippen LogP contribution in [0.3, 0.4) is 0 Å². The Morgan fingerprint density at radius 3 is 2.23 bits per heavy atom. The lowest BCUT2D eigenvalue weighted by Crippen LogP contribution is -2.36. The van der Waals surface area contributed by atoms with Crippen LogP contribution in [-0.2, 0) is 27.4 Å². The van der Waals surface area contributed by atoms with E-state index < -0.39 is 12.1 Å². The molecular formula is C35H35N3O6. The van der Waals surface area contributed by atoms with Crippen molar-refractivity contribution in [1.82, 2.24) is 4.90 Å². The van der Waals surface area contributed by atoms with Gasteiger partial charge in [-0.15, -0.1) is 0 Å². The zero-order chi connectivity index (χ0) is 30.7. The quantitative estimate of drug-likeness (QED) is 0.218. The number of carboxylic acids is 1. The number of nitrogens with one attached hydrogen (secondary N) is 1. The monoisotopic (exact) mass is 593 g/mol. The van der Waals surface area contributed by atoms with Gasteiger partial charge >= 0.3 is 12.1 Å².